The number of carbonyl (C=O) groups excluding carboxylic acids is 2. The summed E-state index contributed by atoms with van der Waals surface area (Å²) in [6.45, 7) is 1.75. The highest BCUT2D eigenvalue weighted by atomic mass is 19.1. The lowest BCUT2D eigenvalue weighted by Gasteiger charge is -2.16. The minimum atomic E-state index is -0.729. The number of ether oxygens (including phenoxy) is 1. The fourth-order valence-electron chi connectivity index (χ4n) is 2.50. The number of benzene rings is 2. The number of hydrogen-bond acceptors (Lipinski definition) is 3. The van der Waals surface area contributed by atoms with Gasteiger partial charge >= 0.3 is 0 Å². The summed E-state index contributed by atoms with van der Waals surface area (Å²) in [7, 11) is 1.33. The molecule has 0 aromatic heterocycles. The Bertz CT molecular complexity index is 770. The van der Waals surface area contributed by atoms with Gasteiger partial charge in [0.15, 0.2) is 11.6 Å². The number of aryl methyl sites for hydroxylation is 1. The van der Waals surface area contributed by atoms with E-state index < -0.39 is 17.6 Å². The van der Waals surface area contributed by atoms with Crippen molar-refractivity contribution in [3.05, 3.63) is 58.9 Å². The van der Waals surface area contributed by atoms with Crippen molar-refractivity contribution in [2.75, 3.05) is 12.0 Å². The molecule has 0 saturated carbocycles. The summed E-state index contributed by atoms with van der Waals surface area (Å²) in [4.78, 5) is 25.7. The molecule has 0 unspecified atom stereocenters. The monoisotopic (exact) mass is 285 g/mol. The number of methoxy groups -OCH3 is 1. The quantitative estimate of drug-likeness (QED) is 0.797. The highest BCUT2D eigenvalue weighted by Crippen LogP contribution is 2.34. The lowest BCUT2D eigenvalue weighted by molar-refractivity contribution is 0.0924. The van der Waals surface area contributed by atoms with Gasteiger partial charge in [-0.05, 0) is 30.7 Å². The third-order valence-corrected chi connectivity index (χ3v) is 3.53. The van der Waals surface area contributed by atoms with E-state index in [1.807, 2.05) is 0 Å². The van der Waals surface area contributed by atoms with Crippen molar-refractivity contribution < 1.29 is 18.7 Å². The van der Waals surface area contributed by atoms with E-state index in [0.717, 1.165) is 4.90 Å². The van der Waals surface area contributed by atoms with Gasteiger partial charge in [0.1, 0.15) is 0 Å². The molecule has 3 rings (SSSR count). The summed E-state index contributed by atoms with van der Waals surface area (Å²) in [6, 6.07) is 9.37. The van der Waals surface area contributed by atoms with Crippen molar-refractivity contribution in [3.8, 4) is 5.75 Å². The zero-order chi connectivity index (χ0) is 15.1. The van der Waals surface area contributed by atoms with Gasteiger partial charge in [0, 0.05) is 0 Å². The van der Waals surface area contributed by atoms with Gasteiger partial charge in [-0.15, -0.1) is 0 Å². The van der Waals surface area contributed by atoms with E-state index in [-0.39, 0.29) is 11.4 Å². The highest BCUT2D eigenvalue weighted by molar-refractivity contribution is 6.35. The maximum atomic E-state index is 14.3. The first-order valence-corrected chi connectivity index (χ1v) is 6.37. The third kappa shape index (κ3) is 1.81. The predicted octanol–water partition coefficient (Wildman–Crippen LogP) is 2.94. The Kier molecular flexibility index (Phi) is 2.97. The lowest BCUT2D eigenvalue weighted by Crippen LogP contribution is -2.30. The minimum Gasteiger partial charge on any atom is -0.494 e. The molecule has 0 radical (unpaired) electrons. The van der Waals surface area contributed by atoms with Gasteiger partial charge in [-0.25, -0.2) is 9.29 Å². The van der Waals surface area contributed by atoms with Crippen LogP contribution >= 0.6 is 0 Å². The molecule has 0 fully saturated rings. The van der Waals surface area contributed by atoms with Crippen LogP contribution in [0.4, 0.5) is 10.1 Å². The minimum absolute atomic E-state index is 0.0132. The number of halogens is 1. The van der Waals surface area contributed by atoms with Crippen LogP contribution in [0.1, 0.15) is 26.3 Å². The summed E-state index contributed by atoms with van der Waals surface area (Å²) < 4.78 is 19.2. The average Bonchev–Trinajstić information content (AvgIpc) is 2.73. The molecule has 2 aromatic carbocycles. The topological polar surface area (TPSA) is 46.6 Å². The second kappa shape index (κ2) is 4.70. The SMILES string of the molecule is COc1cccc(N2C(=O)c3cccc(C)c3C2=O)c1F. The van der Waals surface area contributed by atoms with Gasteiger partial charge in [0.2, 0.25) is 0 Å². The van der Waals surface area contributed by atoms with Crippen LogP contribution in [-0.4, -0.2) is 18.9 Å². The highest BCUT2D eigenvalue weighted by Gasteiger charge is 2.39. The molecule has 0 aliphatic carbocycles. The van der Waals surface area contributed by atoms with Crippen molar-refractivity contribution in [2.24, 2.45) is 0 Å². The zero-order valence-corrected chi connectivity index (χ0v) is 11.5. The average molecular weight is 285 g/mol. The molecule has 0 saturated heterocycles. The van der Waals surface area contributed by atoms with Crippen LogP contribution in [0.15, 0.2) is 36.4 Å². The molecule has 0 bridgehead atoms. The van der Waals surface area contributed by atoms with Crippen LogP contribution in [0, 0.1) is 12.7 Å². The molecule has 5 heteroatoms. The molecule has 0 spiro atoms. The van der Waals surface area contributed by atoms with Crippen molar-refractivity contribution >= 4 is 17.5 Å². The molecular weight excluding hydrogens is 273 g/mol. The van der Waals surface area contributed by atoms with Crippen LogP contribution in [0.5, 0.6) is 5.75 Å². The fraction of sp³-hybridized carbons (Fsp3) is 0.125. The number of anilines is 1. The van der Waals surface area contributed by atoms with E-state index >= 15 is 0 Å². The van der Waals surface area contributed by atoms with Crippen molar-refractivity contribution in [1.29, 1.82) is 0 Å². The van der Waals surface area contributed by atoms with E-state index in [1.54, 1.807) is 25.1 Å². The van der Waals surface area contributed by atoms with Gasteiger partial charge in [0.25, 0.3) is 11.8 Å². The second-order valence-corrected chi connectivity index (χ2v) is 4.74. The summed E-state index contributed by atoms with van der Waals surface area (Å²) in [5, 5.41) is 0. The Hall–Kier alpha value is -2.69. The van der Waals surface area contributed by atoms with E-state index in [1.165, 1.54) is 25.3 Å². The molecule has 1 heterocycles. The number of fused-ring (bicyclic) bond motifs is 1. The Morgan fingerprint density at radius 3 is 2.43 bits per heavy atom. The van der Waals surface area contributed by atoms with Gasteiger partial charge in [-0.2, -0.15) is 0 Å². The first-order valence-electron chi connectivity index (χ1n) is 6.37. The first-order chi connectivity index (χ1) is 10.1. The second-order valence-electron chi connectivity index (χ2n) is 4.74. The van der Waals surface area contributed by atoms with Crippen molar-refractivity contribution in [1.82, 2.24) is 0 Å². The Morgan fingerprint density at radius 2 is 1.76 bits per heavy atom. The third-order valence-electron chi connectivity index (χ3n) is 3.53. The van der Waals surface area contributed by atoms with Crippen LogP contribution in [0.2, 0.25) is 0 Å². The van der Waals surface area contributed by atoms with Gasteiger partial charge in [-0.1, -0.05) is 18.2 Å². The number of carbonyl (C=O) groups is 2. The Morgan fingerprint density at radius 1 is 1.05 bits per heavy atom. The van der Waals surface area contributed by atoms with Gasteiger partial charge in [0.05, 0.1) is 23.9 Å². The van der Waals surface area contributed by atoms with Crippen molar-refractivity contribution in [2.45, 2.75) is 6.92 Å². The molecular formula is C16H12FNO3. The van der Waals surface area contributed by atoms with E-state index in [2.05, 4.69) is 0 Å². The number of imide groups is 1. The summed E-state index contributed by atoms with van der Waals surface area (Å²) in [5.74, 6) is -1.78. The molecule has 0 N–H and O–H groups in total. The number of amides is 2. The summed E-state index contributed by atoms with van der Waals surface area (Å²) in [6.07, 6.45) is 0. The number of nitrogens with zero attached hydrogens (tertiary/aromatic N) is 1. The molecule has 106 valence electrons. The molecule has 1 aliphatic heterocycles. The fourth-order valence-corrected chi connectivity index (χ4v) is 2.50. The standard InChI is InChI=1S/C16H12FNO3/c1-9-5-3-6-10-13(9)16(20)18(15(10)19)11-7-4-8-12(21-2)14(11)17/h3-8H,1-2H3. The maximum Gasteiger partial charge on any atom is 0.266 e. The summed E-state index contributed by atoms with van der Waals surface area (Å²) in [5.41, 5.74) is 1.21. The molecule has 4 nitrogen and oxygen atoms in total. The maximum absolute atomic E-state index is 14.3. The number of hydrogen-bond donors (Lipinski definition) is 0. The molecule has 0 atom stereocenters. The lowest BCUT2D eigenvalue weighted by atomic mass is 10.0. The smallest absolute Gasteiger partial charge is 0.266 e. The largest absolute Gasteiger partial charge is 0.494 e. The molecule has 1 aliphatic rings. The molecule has 21 heavy (non-hydrogen) atoms. The van der Waals surface area contributed by atoms with Gasteiger partial charge in [-0.3, -0.25) is 9.59 Å². The normalized spacial score (nSPS) is 13.6. The van der Waals surface area contributed by atoms with E-state index in [9.17, 15) is 14.0 Å². The summed E-state index contributed by atoms with van der Waals surface area (Å²) >= 11 is 0. The number of rotatable bonds is 2. The van der Waals surface area contributed by atoms with Crippen LogP contribution in [-0.2, 0) is 0 Å². The van der Waals surface area contributed by atoms with Crippen LogP contribution in [0.3, 0.4) is 0 Å². The molecule has 2 amide bonds. The van der Waals surface area contributed by atoms with E-state index in [0.29, 0.717) is 16.7 Å². The van der Waals surface area contributed by atoms with Crippen molar-refractivity contribution in [3.63, 3.8) is 0 Å². The van der Waals surface area contributed by atoms with E-state index in [4.69, 9.17) is 4.74 Å². The Balaban J connectivity index is 2.17. The van der Waals surface area contributed by atoms with Crippen LogP contribution in [0.25, 0.3) is 0 Å². The zero-order valence-electron chi connectivity index (χ0n) is 11.5. The first kappa shape index (κ1) is 13.3. The predicted molar refractivity (Wildman–Crippen MR) is 75.3 cm³/mol. The Labute approximate surface area is 120 Å². The van der Waals surface area contributed by atoms with Gasteiger partial charge < -0.3 is 4.74 Å². The molecule has 2 aromatic rings. The van der Waals surface area contributed by atoms with Crippen LogP contribution < -0.4 is 9.64 Å².